The van der Waals surface area contributed by atoms with Crippen molar-refractivity contribution in [1.29, 1.82) is 0 Å². The molecular formula is C20H27ClN2O2. The third-order valence-electron chi connectivity index (χ3n) is 5.20. The van der Waals surface area contributed by atoms with Gasteiger partial charge in [-0.15, -0.1) is 12.4 Å². The molecule has 136 valence electrons. The Morgan fingerprint density at radius 2 is 2.00 bits per heavy atom. The predicted octanol–water partition coefficient (Wildman–Crippen LogP) is 3.32. The van der Waals surface area contributed by atoms with Crippen molar-refractivity contribution in [2.45, 2.75) is 44.2 Å². The van der Waals surface area contributed by atoms with Crippen LogP contribution in [-0.4, -0.2) is 23.1 Å². The zero-order valence-electron chi connectivity index (χ0n) is 14.6. The Balaban J connectivity index is 0.00000225. The number of carbonyl (C=O) groups is 1. The number of carbonyl (C=O) groups excluding carboxylic acids is 1. The van der Waals surface area contributed by atoms with Gasteiger partial charge in [-0.1, -0.05) is 49.2 Å². The minimum Gasteiger partial charge on any atom is -0.387 e. The van der Waals surface area contributed by atoms with Crippen LogP contribution >= 0.6 is 12.4 Å². The summed E-state index contributed by atoms with van der Waals surface area (Å²) < 4.78 is 0. The summed E-state index contributed by atoms with van der Waals surface area (Å²) in [6, 6.07) is 13.9. The summed E-state index contributed by atoms with van der Waals surface area (Å²) in [5.41, 5.74) is 6.64. The molecule has 0 bridgehead atoms. The first kappa shape index (κ1) is 19.7. The largest absolute Gasteiger partial charge is 0.387 e. The maximum atomic E-state index is 12.5. The van der Waals surface area contributed by atoms with Crippen molar-refractivity contribution in [3.8, 4) is 0 Å². The zero-order valence-corrected chi connectivity index (χ0v) is 15.4. The molecule has 3 unspecified atom stereocenters. The van der Waals surface area contributed by atoms with E-state index in [0.29, 0.717) is 0 Å². The number of nitrogens with two attached hydrogens (primary N) is 1. The van der Waals surface area contributed by atoms with E-state index in [-0.39, 0.29) is 30.8 Å². The van der Waals surface area contributed by atoms with Gasteiger partial charge in [0, 0.05) is 12.1 Å². The second kappa shape index (κ2) is 8.17. The smallest absolute Gasteiger partial charge is 0.225 e. The molecule has 1 aliphatic rings. The maximum Gasteiger partial charge on any atom is 0.225 e. The van der Waals surface area contributed by atoms with Gasteiger partial charge in [0.1, 0.15) is 0 Å². The van der Waals surface area contributed by atoms with Crippen molar-refractivity contribution in [2.24, 2.45) is 11.7 Å². The van der Waals surface area contributed by atoms with Gasteiger partial charge in [-0.2, -0.15) is 0 Å². The van der Waals surface area contributed by atoms with Gasteiger partial charge >= 0.3 is 0 Å². The highest BCUT2D eigenvalue weighted by Gasteiger charge is 2.37. The molecule has 1 saturated carbocycles. The van der Waals surface area contributed by atoms with Crippen molar-refractivity contribution in [1.82, 2.24) is 5.32 Å². The Morgan fingerprint density at radius 3 is 2.72 bits per heavy atom. The monoisotopic (exact) mass is 362 g/mol. The van der Waals surface area contributed by atoms with Crippen molar-refractivity contribution in [3.05, 3.63) is 48.0 Å². The first-order chi connectivity index (χ1) is 11.5. The molecule has 3 rings (SSSR count). The fraction of sp³-hybridized carbons (Fsp3) is 0.450. The van der Waals surface area contributed by atoms with E-state index < -0.39 is 11.6 Å². The molecule has 0 radical (unpaired) electrons. The quantitative estimate of drug-likeness (QED) is 0.781. The lowest BCUT2D eigenvalue weighted by atomic mass is 9.74. The highest BCUT2D eigenvalue weighted by atomic mass is 35.5. The number of amides is 1. The third kappa shape index (κ3) is 4.51. The average molecular weight is 363 g/mol. The number of aliphatic hydroxyl groups is 1. The lowest BCUT2D eigenvalue weighted by molar-refractivity contribution is -0.128. The molecule has 0 heterocycles. The second-order valence-electron chi connectivity index (χ2n) is 7.17. The molecule has 4 N–H and O–H groups in total. The second-order valence-corrected chi connectivity index (χ2v) is 7.17. The molecule has 4 nitrogen and oxygen atoms in total. The van der Waals surface area contributed by atoms with Crippen LogP contribution in [0.25, 0.3) is 10.8 Å². The standard InChI is InChI=1S/C20H26N2O2.ClH/c1-20(21)11-5-4-8-17(20)19(24)22-13-18(23)16-10-9-14-6-2-3-7-15(14)12-16;/h2-3,6-7,9-10,12,17-18,23H,4-5,8,11,13,21H2,1H3,(H,22,24);1H. The molecule has 0 spiro atoms. The van der Waals surface area contributed by atoms with Gasteiger partial charge < -0.3 is 16.2 Å². The molecular weight excluding hydrogens is 336 g/mol. The zero-order chi connectivity index (χ0) is 17.2. The number of halogens is 1. The van der Waals surface area contributed by atoms with Crippen molar-refractivity contribution in [3.63, 3.8) is 0 Å². The number of nitrogens with one attached hydrogen (secondary N) is 1. The van der Waals surface area contributed by atoms with Crippen LogP contribution in [0.2, 0.25) is 0 Å². The molecule has 2 aromatic rings. The highest BCUT2D eigenvalue weighted by Crippen LogP contribution is 2.31. The van der Waals surface area contributed by atoms with Crippen molar-refractivity contribution in [2.75, 3.05) is 6.54 Å². The van der Waals surface area contributed by atoms with Crippen LogP contribution in [0.5, 0.6) is 0 Å². The van der Waals surface area contributed by atoms with Gasteiger partial charge in [0.25, 0.3) is 0 Å². The number of rotatable bonds is 4. The summed E-state index contributed by atoms with van der Waals surface area (Å²) >= 11 is 0. The van der Waals surface area contributed by atoms with Gasteiger partial charge in [-0.3, -0.25) is 4.79 Å². The van der Waals surface area contributed by atoms with Crippen LogP contribution in [0.1, 0.15) is 44.3 Å². The van der Waals surface area contributed by atoms with E-state index in [1.807, 2.05) is 49.4 Å². The number of aliphatic hydroxyl groups excluding tert-OH is 1. The fourth-order valence-electron chi connectivity index (χ4n) is 3.64. The summed E-state index contributed by atoms with van der Waals surface area (Å²) in [4.78, 5) is 12.5. The Hall–Kier alpha value is -1.62. The first-order valence-corrected chi connectivity index (χ1v) is 8.71. The van der Waals surface area contributed by atoms with Crippen LogP contribution in [-0.2, 0) is 4.79 Å². The van der Waals surface area contributed by atoms with E-state index in [1.54, 1.807) is 0 Å². The van der Waals surface area contributed by atoms with E-state index in [4.69, 9.17) is 5.73 Å². The molecule has 5 heteroatoms. The Labute approximate surface area is 155 Å². The Bertz CT molecular complexity index is 732. The first-order valence-electron chi connectivity index (χ1n) is 8.71. The van der Waals surface area contributed by atoms with E-state index in [1.165, 1.54) is 0 Å². The van der Waals surface area contributed by atoms with Crippen LogP contribution in [0, 0.1) is 5.92 Å². The van der Waals surface area contributed by atoms with Crippen LogP contribution in [0.15, 0.2) is 42.5 Å². The summed E-state index contributed by atoms with van der Waals surface area (Å²) in [6.45, 7) is 2.17. The molecule has 1 fully saturated rings. The van der Waals surface area contributed by atoms with Crippen molar-refractivity contribution < 1.29 is 9.90 Å². The molecule has 25 heavy (non-hydrogen) atoms. The van der Waals surface area contributed by atoms with Crippen LogP contribution in [0.3, 0.4) is 0 Å². The SMILES string of the molecule is CC1(N)CCCCC1C(=O)NCC(O)c1ccc2ccccc2c1.Cl. The molecule has 1 aliphatic carbocycles. The number of hydrogen-bond donors (Lipinski definition) is 3. The molecule has 3 atom stereocenters. The number of benzene rings is 2. The van der Waals surface area contributed by atoms with Crippen LogP contribution < -0.4 is 11.1 Å². The molecule has 0 aliphatic heterocycles. The normalized spacial score (nSPS) is 24.4. The van der Waals surface area contributed by atoms with Gasteiger partial charge in [0.15, 0.2) is 0 Å². The average Bonchev–Trinajstić information content (AvgIpc) is 2.58. The van der Waals surface area contributed by atoms with Crippen LogP contribution in [0.4, 0.5) is 0 Å². The summed E-state index contributed by atoms with van der Waals surface area (Å²) in [5.74, 6) is -0.213. The third-order valence-corrected chi connectivity index (χ3v) is 5.20. The summed E-state index contributed by atoms with van der Waals surface area (Å²) in [7, 11) is 0. The molecule has 0 aromatic heterocycles. The lowest BCUT2D eigenvalue weighted by Gasteiger charge is -2.37. The minimum atomic E-state index is -0.717. The van der Waals surface area contributed by atoms with Gasteiger partial charge in [0.05, 0.1) is 12.0 Å². The predicted molar refractivity (Wildman–Crippen MR) is 104 cm³/mol. The number of fused-ring (bicyclic) bond motifs is 1. The van der Waals surface area contributed by atoms with Gasteiger partial charge in [0.2, 0.25) is 5.91 Å². The fourth-order valence-corrected chi connectivity index (χ4v) is 3.64. The Morgan fingerprint density at radius 1 is 1.28 bits per heavy atom. The topological polar surface area (TPSA) is 75.4 Å². The van der Waals surface area contributed by atoms with E-state index in [0.717, 1.165) is 42.0 Å². The highest BCUT2D eigenvalue weighted by molar-refractivity contribution is 5.85. The summed E-state index contributed by atoms with van der Waals surface area (Å²) in [6.07, 6.45) is 3.10. The Kier molecular flexibility index (Phi) is 6.44. The lowest BCUT2D eigenvalue weighted by Crippen LogP contribution is -2.53. The van der Waals surface area contributed by atoms with Crippen molar-refractivity contribution >= 4 is 29.1 Å². The molecule has 2 aromatic carbocycles. The van der Waals surface area contributed by atoms with E-state index >= 15 is 0 Å². The van der Waals surface area contributed by atoms with Gasteiger partial charge in [-0.05, 0) is 42.2 Å². The minimum absolute atomic E-state index is 0. The van der Waals surface area contributed by atoms with E-state index in [2.05, 4.69) is 5.32 Å². The van der Waals surface area contributed by atoms with Gasteiger partial charge in [-0.25, -0.2) is 0 Å². The van der Waals surface area contributed by atoms with E-state index in [9.17, 15) is 9.90 Å². The summed E-state index contributed by atoms with van der Waals surface area (Å²) in [5, 5.41) is 15.5. The molecule has 1 amide bonds. The number of hydrogen-bond acceptors (Lipinski definition) is 3. The maximum absolute atomic E-state index is 12.5. The molecule has 0 saturated heterocycles.